The van der Waals surface area contributed by atoms with Gasteiger partial charge in [-0.15, -0.1) is 0 Å². The van der Waals surface area contributed by atoms with Crippen LogP contribution in [0.4, 0.5) is 0 Å². The fourth-order valence-electron chi connectivity index (χ4n) is 2.48. The van der Waals surface area contributed by atoms with Gasteiger partial charge in [0.25, 0.3) is 0 Å². The summed E-state index contributed by atoms with van der Waals surface area (Å²) in [6.45, 7) is 4.32. The lowest BCUT2D eigenvalue weighted by molar-refractivity contribution is -0.150. The van der Waals surface area contributed by atoms with E-state index in [2.05, 4.69) is 21.2 Å². The first-order chi connectivity index (χ1) is 9.56. The minimum absolute atomic E-state index is 0.0156. The van der Waals surface area contributed by atoms with Gasteiger partial charge in [0.15, 0.2) is 0 Å². The number of nitrogens with zero attached hydrogens (tertiary/aromatic N) is 1. The van der Waals surface area contributed by atoms with Gasteiger partial charge >= 0.3 is 0 Å². The molecule has 1 aromatic rings. The minimum atomic E-state index is -0.388. The van der Waals surface area contributed by atoms with Crippen molar-refractivity contribution in [1.82, 2.24) is 10.2 Å². The van der Waals surface area contributed by atoms with E-state index in [-0.39, 0.29) is 23.9 Å². The van der Waals surface area contributed by atoms with E-state index in [0.29, 0.717) is 19.4 Å². The second kappa shape index (κ2) is 6.39. The van der Waals surface area contributed by atoms with Crippen LogP contribution >= 0.6 is 15.9 Å². The van der Waals surface area contributed by atoms with Crippen molar-refractivity contribution in [2.45, 2.75) is 45.3 Å². The van der Waals surface area contributed by atoms with Crippen LogP contribution in [0.5, 0.6) is 0 Å². The predicted molar refractivity (Wildman–Crippen MR) is 81.0 cm³/mol. The molecule has 0 aromatic heterocycles. The summed E-state index contributed by atoms with van der Waals surface area (Å²) in [5, 5.41) is 2.80. The van der Waals surface area contributed by atoms with E-state index in [0.717, 1.165) is 10.0 Å². The average Bonchev–Trinajstić information content (AvgIpc) is 2.45. The number of piperazine rings is 1. The first-order valence-electron chi connectivity index (χ1n) is 6.92. The maximum Gasteiger partial charge on any atom is 0.246 e. The van der Waals surface area contributed by atoms with E-state index in [1.165, 1.54) is 0 Å². The molecule has 108 valence electrons. The Balaban J connectivity index is 2.22. The fraction of sp³-hybridized carbons (Fsp3) is 0.467. The molecule has 0 saturated carbocycles. The normalized spacial score (nSPS) is 22.9. The van der Waals surface area contributed by atoms with Crippen molar-refractivity contribution in [2.24, 2.45) is 0 Å². The predicted octanol–water partition coefficient (Wildman–Crippen LogP) is 2.46. The molecule has 0 radical (unpaired) electrons. The summed E-state index contributed by atoms with van der Waals surface area (Å²) in [5.74, 6) is -0.0297. The van der Waals surface area contributed by atoms with Crippen LogP contribution in [0.3, 0.4) is 0 Å². The van der Waals surface area contributed by atoms with Crippen LogP contribution < -0.4 is 5.32 Å². The molecule has 4 nitrogen and oxygen atoms in total. The zero-order valence-electron chi connectivity index (χ0n) is 11.7. The Kier molecular flexibility index (Phi) is 4.81. The summed E-state index contributed by atoms with van der Waals surface area (Å²) in [5.41, 5.74) is 1.03. The Morgan fingerprint density at radius 3 is 2.35 bits per heavy atom. The highest BCUT2D eigenvalue weighted by Crippen LogP contribution is 2.19. The molecule has 0 spiro atoms. The summed E-state index contributed by atoms with van der Waals surface area (Å²) >= 11 is 3.39. The van der Waals surface area contributed by atoms with Crippen LogP contribution in [0.2, 0.25) is 0 Å². The zero-order valence-corrected chi connectivity index (χ0v) is 13.3. The number of nitrogens with one attached hydrogen (secondary N) is 1. The molecule has 2 rings (SSSR count). The molecule has 0 bridgehead atoms. The van der Waals surface area contributed by atoms with Gasteiger partial charge in [0.2, 0.25) is 11.8 Å². The highest BCUT2D eigenvalue weighted by Gasteiger charge is 2.38. The Morgan fingerprint density at radius 1 is 1.15 bits per heavy atom. The maximum absolute atomic E-state index is 12.4. The number of amides is 2. The molecule has 2 amide bonds. The third-order valence-corrected chi connectivity index (χ3v) is 4.17. The highest BCUT2D eigenvalue weighted by atomic mass is 79.9. The van der Waals surface area contributed by atoms with Gasteiger partial charge in [-0.05, 0) is 30.5 Å². The van der Waals surface area contributed by atoms with Gasteiger partial charge < -0.3 is 10.2 Å². The number of halogens is 1. The lowest BCUT2D eigenvalue weighted by Gasteiger charge is -2.38. The molecule has 1 saturated heterocycles. The maximum atomic E-state index is 12.4. The number of hydrogen-bond acceptors (Lipinski definition) is 2. The first-order valence-corrected chi connectivity index (χ1v) is 7.71. The standard InChI is InChI=1S/C15H19BrN2O2/c1-3-12-15(20)18(13(4-2)14(19)17-12)9-10-5-7-11(16)8-6-10/h5-8,12-13H,3-4,9H2,1-2H3,(H,17,19). The van der Waals surface area contributed by atoms with Crippen molar-refractivity contribution in [2.75, 3.05) is 0 Å². The minimum Gasteiger partial charge on any atom is -0.343 e. The monoisotopic (exact) mass is 338 g/mol. The van der Waals surface area contributed by atoms with Crippen LogP contribution in [0, 0.1) is 0 Å². The van der Waals surface area contributed by atoms with Gasteiger partial charge in [0.05, 0.1) is 0 Å². The van der Waals surface area contributed by atoms with Gasteiger partial charge in [0, 0.05) is 11.0 Å². The van der Waals surface area contributed by atoms with Gasteiger partial charge in [-0.2, -0.15) is 0 Å². The van der Waals surface area contributed by atoms with Gasteiger partial charge in [-0.3, -0.25) is 9.59 Å². The van der Waals surface area contributed by atoms with E-state index in [4.69, 9.17) is 0 Å². The highest BCUT2D eigenvalue weighted by molar-refractivity contribution is 9.10. The average molecular weight is 339 g/mol. The number of carbonyl (C=O) groups is 2. The van der Waals surface area contributed by atoms with E-state index >= 15 is 0 Å². The van der Waals surface area contributed by atoms with Crippen LogP contribution in [-0.4, -0.2) is 28.8 Å². The summed E-state index contributed by atoms with van der Waals surface area (Å²) in [6, 6.07) is 7.08. The summed E-state index contributed by atoms with van der Waals surface area (Å²) < 4.78 is 1.00. The second-order valence-corrected chi connectivity index (χ2v) is 5.90. The molecular formula is C15H19BrN2O2. The first kappa shape index (κ1) is 15.0. The largest absolute Gasteiger partial charge is 0.343 e. The smallest absolute Gasteiger partial charge is 0.246 e. The van der Waals surface area contributed by atoms with Gasteiger partial charge in [0.1, 0.15) is 12.1 Å². The molecule has 1 heterocycles. The number of rotatable bonds is 4. The van der Waals surface area contributed by atoms with Crippen molar-refractivity contribution in [3.63, 3.8) is 0 Å². The molecule has 0 aliphatic carbocycles. The third-order valence-electron chi connectivity index (χ3n) is 3.64. The molecule has 5 heteroatoms. The molecule has 1 N–H and O–H groups in total. The molecule has 1 aromatic carbocycles. The quantitative estimate of drug-likeness (QED) is 0.916. The van der Waals surface area contributed by atoms with Crippen LogP contribution in [0.25, 0.3) is 0 Å². The second-order valence-electron chi connectivity index (χ2n) is 4.99. The summed E-state index contributed by atoms with van der Waals surface area (Å²) in [4.78, 5) is 26.2. The van der Waals surface area contributed by atoms with Crippen molar-refractivity contribution in [1.29, 1.82) is 0 Å². The van der Waals surface area contributed by atoms with Gasteiger partial charge in [-0.1, -0.05) is 41.9 Å². The molecule has 1 aliphatic heterocycles. The molecular weight excluding hydrogens is 320 g/mol. The summed E-state index contributed by atoms with van der Waals surface area (Å²) in [7, 11) is 0. The summed E-state index contributed by atoms with van der Waals surface area (Å²) in [6.07, 6.45) is 1.25. The van der Waals surface area contributed by atoms with Crippen molar-refractivity contribution in [3.05, 3.63) is 34.3 Å². The molecule has 2 atom stereocenters. The van der Waals surface area contributed by atoms with Crippen LogP contribution in [0.15, 0.2) is 28.7 Å². The Hall–Kier alpha value is -1.36. The molecule has 2 unspecified atom stereocenters. The number of benzene rings is 1. The molecule has 1 aliphatic rings. The zero-order chi connectivity index (χ0) is 14.7. The van der Waals surface area contributed by atoms with Crippen molar-refractivity contribution >= 4 is 27.7 Å². The Labute approximate surface area is 127 Å². The van der Waals surface area contributed by atoms with E-state index < -0.39 is 0 Å². The molecule has 20 heavy (non-hydrogen) atoms. The SMILES string of the molecule is CCC1NC(=O)C(CC)N(Cc2ccc(Br)cc2)C1=O. The third kappa shape index (κ3) is 3.03. The number of hydrogen-bond donors (Lipinski definition) is 1. The van der Waals surface area contributed by atoms with E-state index in [9.17, 15) is 9.59 Å². The van der Waals surface area contributed by atoms with E-state index in [1.54, 1.807) is 4.90 Å². The Bertz CT molecular complexity index is 501. The van der Waals surface area contributed by atoms with Crippen molar-refractivity contribution < 1.29 is 9.59 Å². The number of carbonyl (C=O) groups excluding carboxylic acids is 2. The molecule has 1 fully saturated rings. The fourth-order valence-corrected chi connectivity index (χ4v) is 2.75. The lowest BCUT2D eigenvalue weighted by atomic mass is 10.0. The topological polar surface area (TPSA) is 49.4 Å². The van der Waals surface area contributed by atoms with Crippen LogP contribution in [0.1, 0.15) is 32.3 Å². The van der Waals surface area contributed by atoms with Crippen molar-refractivity contribution in [3.8, 4) is 0 Å². The van der Waals surface area contributed by atoms with Gasteiger partial charge in [-0.25, -0.2) is 0 Å². The lowest BCUT2D eigenvalue weighted by Crippen LogP contribution is -2.62. The van der Waals surface area contributed by atoms with E-state index in [1.807, 2.05) is 38.1 Å². The Morgan fingerprint density at radius 2 is 1.80 bits per heavy atom. The van der Waals surface area contributed by atoms with Crippen LogP contribution in [-0.2, 0) is 16.1 Å².